The fourth-order valence-corrected chi connectivity index (χ4v) is 4.52. The molecule has 0 bridgehead atoms. The number of hydrogen-bond acceptors (Lipinski definition) is 4. The molecule has 0 unspecified atom stereocenters. The van der Waals surface area contributed by atoms with E-state index in [2.05, 4.69) is 6.92 Å². The third-order valence-electron chi connectivity index (χ3n) is 5.43. The van der Waals surface area contributed by atoms with Crippen LogP contribution in [0.2, 0.25) is 0 Å². The Balaban J connectivity index is 0.00000512. The topological polar surface area (TPSA) is 86.7 Å². The number of unbranched alkanes of at least 4 members (excludes halogenated alkanes) is 10. The summed E-state index contributed by atoms with van der Waals surface area (Å²) < 4.78 is 39.2. The molecule has 0 spiro atoms. The molecule has 5 nitrogen and oxygen atoms in total. The van der Waals surface area contributed by atoms with Gasteiger partial charge in [-0.25, -0.2) is 0 Å². The first-order valence-electron chi connectivity index (χ1n) is 11.5. The summed E-state index contributed by atoms with van der Waals surface area (Å²) in [6.07, 6.45) is 13.7. The average molecular weight is 487 g/mol. The number of rotatable bonds is 15. The van der Waals surface area contributed by atoms with Gasteiger partial charge < -0.3 is 9.84 Å². The molecule has 0 saturated heterocycles. The molecule has 1 N–H and O–H groups in total. The molecule has 0 amide bonds. The third-order valence-corrected chi connectivity index (χ3v) is 6.37. The SMILES string of the molecule is CCCCCCCCCCCCCc1c(Oc2cccc([O-])c2)cccc1S(=O)(=O)O.[K+]. The zero-order valence-electron chi connectivity index (χ0n) is 19.5. The van der Waals surface area contributed by atoms with E-state index in [1.807, 2.05) is 0 Å². The Bertz CT molecular complexity index is 899. The minimum atomic E-state index is -4.36. The van der Waals surface area contributed by atoms with Gasteiger partial charge in [0.25, 0.3) is 10.1 Å². The van der Waals surface area contributed by atoms with Gasteiger partial charge in [-0.1, -0.05) is 89.3 Å². The van der Waals surface area contributed by atoms with Gasteiger partial charge in [0.05, 0.1) is 0 Å². The number of benzene rings is 2. The smallest absolute Gasteiger partial charge is 0.872 e. The molecule has 2 aromatic carbocycles. The van der Waals surface area contributed by atoms with E-state index in [9.17, 15) is 18.1 Å². The van der Waals surface area contributed by atoms with Crippen LogP contribution >= 0.6 is 0 Å². The number of hydrogen-bond donors (Lipinski definition) is 1. The molecule has 0 aliphatic carbocycles. The Morgan fingerprint density at radius 3 is 1.97 bits per heavy atom. The van der Waals surface area contributed by atoms with Crippen molar-refractivity contribution in [1.82, 2.24) is 0 Å². The molecule has 172 valence electrons. The molecule has 0 aliphatic rings. The van der Waals surface area contributed by atoms with E-state index in [-0.39, 0.29) is 62.0 Å². The van der Waals surface area contributed by atoms with Crippen LogP contribution in [0.3, 0.4) is 0 Å². The van der Waals surface area contributed by atoms with Crippen molar-refractivity contribution in [3.05, 3.63) is 48.0 Å². The van der Waals surface area contributed by atoms with Crippen LogP contribution in [0.1, 0.15) is 83.1 Å². The predicted octanol–water partition coefficient (Wildman–Crippen LogP) is 3.66. The maximum atomic E-state index is 11.9. The van der Waals surface area contributed by atoms with Gasteiger partial charge in [-0.2, -0.15) is 8.42 Å². The first-order chi connectivity index (χ1) is 14.9. The van der Waals surface area contributed by atoms with Crippen molar-refractivity contribution in [3.63, 3.8) is 0 Å². The summed E-state index contributed by atoms with van der Waals surface area (Å²) in [4.78, 5) is -0.129. The Morgan fingerprint density at radius 2 is 1.41 bits per heavy atom. The molecule has 0 aromatic heterocycles. The van der Waals surface area contributed by atoms with Crippen LogP contribution in [0.4, 0.5) is 0 Å². The maximum absolute atomic E-state index is 11.9. The zero-order valence-corrected chi connectivity index (χ0v) is 23.5. The Morgan fingerprint density at radius 1 is 0.844 bits per heavy atom. The first kappa shape index (κ1) is 29.6. The van der Waals surface area contributed by atoms with E-state index in [0.717, 1.165) is 19.3 Å². The van der Waals surface area contributed by atoms with Crippen LogP contribution in [-0.4, -0.2) is 13.0 Å². The van der Waals surface area contributed by atoms with Crippen molar-refractivity contribution in [2.75, 3.05) is 0 Å². The Kier molecular flexibility index (Phi) is 15.0. The van der Waals surface area contributed by atoms with E-state index in [0.29, 0.717) is 23.5 Å². The molecule has 0 heterocycles. The van der Waals surface area contributed by atoms with Crippen LogP contribution in [0, 0.1) is 0 Å². The van der Waals surface area contributed by atoms with Crippen molar-refractivity contribution < 1.29 is 74.2 Å². The van der Waals surface area contributed by atoms with Crippen molar-refractivity contribution >= 4 is 10.1 Å². The number of ether oxygens (including phenoxy) is 1. The summed E-state index contributed by atoms with van der Waals surface area (Å²) >= 11 is 0. The third kappa shape index (κ3) is 11.1. The average Bonchev–Trinajstić information content (AvgIpc) is 2.72. The van der Waals surface area contributed by atoms with Gasteiger partial charge in [-0.05, 0) is 37.1 Å². The fourth-order valence-electron chi connectivity index (χ4n) is 3.76. The molecule has 32 heavy (non-hydrogen) atoms. The molecule has 2 aromatic rings. The summed E-state index contributed by atoms with van der Waals surface area (Å²) in [7, 11) is -4.36. The fraction of sp³-hybridized carbons (Fsp3) is 0.520. The van der Waals surface area contributed by atoms with E-state index in [1.165, 1.54) is 75.6 Å². The standard InChI is InChI=1S/C25H36O5S.K/c1-2-3-4-5-6-7-8-9-10-11-12-17-23-24(18-14-19-25(23)31(27,28)29)30-22-16-13-15-21(26)20-22;/h13-16,18-20,26H,2-12,17H2,1H3,(H,27,28,29);/q;+1/p-1. The first-order valence-corrected chi connectivity index (χ1v) is 12.9. The molecule has 0 fully saturated rings. The second-order valence-corrected chi connectivity index (χ2v) is 9.46. The van der Waals surface area contributed by atoms with Crippen LogP contribution in [0.15, 0.2) is 47.4 Å². The van der Waals surface area contributed by atoms with Gasteiger partial charge in [0.2, 0.25) is 0 Å². The molecular weight excluding hydrogens is 451 g/mol. The Hall–Kier alpha value is -0.414. The van der Waals surface area contributed by atoms with Crippen molar-refractivity contribution in [2.45, 2.75) is 88.9 Å². The minimum Gasteiger partial charge on any atom is -0.872 e. The summed E-state index contributed by atoms with van der Waals surface area (Å²) in [6, 6.07) is 10.6. The van der Waals surface area contributed by atoms with Gasteiger partial charge in [0.1, 0.15) is 16.4 Å². The quantitative estimate of drug-likeness (QED) is 0.236. The molecular formula is C25H35KO5S. The van der Waals surface area contributed by atoms with Crippen molar-refractivity contribution in [3.8, 4) is 17.2 Å². The molecule has 7 heteroatoms. The molecule has 0 radical (unpaired) electrons. The summed E-state index contributed by atoms with van der Waals surface area (Å²) in [5.74, 6) is 0.517. The Labute approximate surface area is 236 Å². The second-order valence-electron chi connectivity index (χ2n) is 8.07. The van der Waals surface area contributed by atoms with Crippen molar-refractivity contribution in [2.24, 2.45) is 0 Å². The minimum absolute atomic E-state index is 0. The monoisotopic (exact) mass is 486 g/mol. The van der Waals surface area contributed by atoms with Gasteiger partial charge in [0.15, 0.2) is 0 Å². The predicted molar refractivity (Wildman–Crippen MR) is 122 cm³/mol. The van der Waals surface area contributed by atoms with E-state index in [4.69, 9.17) is 4.74 Å². The molecule has 0 atom stereocenters. The molecule has 0 aliphatic heterocycles. The second kappa shape index (κ2) is 16.3. The summed E-state index contributed by atoms with van der Waals surface area (Å²) in [6.45, 7) is 2.23. The van der Waals surface area contributed by atoms with Crippen LogP contribution in [0.25, 0.3) is 0 Å². The molecule has 2 rings (SSSR count). The van der Waals surface area contributed by atoms with E-state index < -0.39 is 10.1 Å². The summed E-state index contributed by atoms with van der Waals surface area (Å²) in [5, 5.41) is 11.6. The van der Waals surface area contributed by atoms with Gasteiger partial charge in [-0.3, -0.25) is 4.55 Å². The van der Waals surface area contributed by atoms with Crippen LogP contribution in [0.5, 0.6) is 17.2 Å². The van der Waals surface area contributed by atoms with Gasteiger partial charge >= 0.3 is 51.4 Å². The largest absolute Gasteiger partial charge is 1.00 e. The van der Waals surface area contributed by atoms with Crippen LogP contribution < -0.4 is 61.2 Å². The maximum Gasteiger partial charge on any atom is 1.00 e. The van der Waals surface area contributed by atoms with Crippen LogP contribution in [-0.2, 0) is 16.5 Å². The van der Waals surface area contributed by atoms with Gasteiger partial charge in [-0.15, -0.1) is 5.75 Å². The van der Waals surface area contributed by atoms with Crippen molar-refractivity contribution in [1.29, 1.82) is 0 Å². The van der Waals surface area contributed by atoms with E-state index in [1.54, 1.807) is 18.2 Å². The van der Waals surface area contributed by atoms with Gasteiger partial charge in [0, 0.05) is 5.56 Å². The normalized spacial score (nSPS) is 11.2. The molecule has 0 saturated carbocycles. The van der Waals surface area contributed by atoms with E-state index >= 15 is 0 Å². The summed E-state index contributed by atoms with van der Waals surface area (Å²) in [5.41, 5.74) is 0.456. The zero-order chi connectivity index (χ0) is 22.5.